The Balaban J connectivity index is 2.06. The van der Waals surface area contributed by atoms with Gasteiger partial charge < -0.3 is 5.11 Å². The zero-order valence-electron chi connectivity index (χ0n) is 15.0. The normalized spacial score (nSPS) is 11.4. The number of halogens is 2. The lowest BCUT2D eigenvalue weighted by molar-refractivity contribution is 0.126. The fraction of sp³-hybridized carbons (Fsp3) is 0.0400. The van der Waals surface area contributed by atoms with Gasteiger partial charge in [-0.25, -0.2) is 0 Å². The first-order valence-corrected chi connectivity index (χ1v) is 10.2. The molecular weight excluding hydrogens is 432 g/mol. The highest BCUT2D eigenvalue weighted by Crippen LogP contribution is 2.43. The molecule has 138 valence electrons. The van der Waals surface area contributed by atoms with Crippen molar-refractivity contribution in [2.24, 2.45) is 0 Å². The molecular formula is C25H18BrClO. The van der Waals surface area contributed by atoms with E-state index in [2.05, 4.69) is 15.9 Å². The van der Waals surface area contributed by atoms with Crippen LogP contribution in [0.3, 0.4) is 0 Å². The van der Waals surface area contributed by atoms with Crippen LogP contribution in [0.5, 0.6) is 0 Å². The second-order valence-electron chi connectivity index (χ2n) is 6.61. The Bertz CT molecular complexity index is 1050. The van der Waals surface area contributed by atoms with Gasteiger partial charge in [-0.1, -0.05) is 112 Å². The van der Waals surface area contributed by atoms with Gasteiger partial charge in [0.15, 0.2) is 0 Å². The monoisotopic (exact) mass is 448 g/mol. The van der Waals surface area contributed by atoms with E-state index in [0.717, 1.165) is 32.3 Å². The molecule has 28 heavy (non-hydrogen) atoms. The fourth-order valence-corrected chi connectivity index (χ4v) is 4.24. The molecule has 1 nitrogen and oxygen atoms in total. The Morgan fingerprint density at radius 3 is 1.75 bits per heavy atom. The van der Waals surface area contributed by atoms with E-state index in [9.17, 15) is 5.11 Å². The molecule has 3 heteroatoms. The maximum atomic E-state index is 12.2. The maximum absolute atomic E-state index is 12.2. The lowest BCUT2D eigenvalue weighted by Gasteiger charge is -2.32. The van der Waals surface area contributed by atoms with Gasteiger partial charge in [-0.2, -0.15) is 0 Å². The standard InChI is InChI=1S/C25H18BrClO/c26-24-14-8-7-13-22(24)21-16-15-20(27)17-23(21)25(28,18-9-3-1-4-10-18)19-11-5-2-6-12-19/h1-17,28H. The molecule has 0 radical (unpaired) electrons. The van der Waals surface area contributed by atoms with Crippen molar-refractivity contribution < 1.29 is 5.11 Å². The average molecular weight is 450 g/mol. The van der Waals surface area contributed by atoms with E-state index in [0.29, 0.717) is 5.02 Å². The van der Waals surface area contributed by atoms with Crippen LogP contribution < -0.4 is 0 Å². The van der Waals surface area contributed by atoms with E-state index < -0.39 is 5.60 Å². The Morgan fingerprint density at radius 1 is 0.643 bits per heavy atom. The van der Waals surface area contributed by atoms with Crippen LogP contribution in [-0.2, 0) is 5.60 Å². The first kappa shape index (κ1) is 18.9. The smallest absolute Gasteiger partial charge is 0.141 e. The topological polar surface area (TPSA) is 20.2 Å². The maximum Gasteiger partial charge on any atom is 0.141 e. The summed E-state index contributed by atoms with van der Waals surface area (Å²) in [6.45, 7) is 0. The van der Waals surface area contributed by atoms with Gasteiger partial charge >= 0.3 is 0 Å². The molecule has 0 bridgehead atoms. The van der Waals surface area contributed by atoms with Gasteiger partial charge in [-0.05, 0) is 40.5 Å². The molecule has 4 aromatic rings. The van der Waals surface area contributed by atoms with Crippen molar-refractivity contribution in [1.29, 1.82) is 0 Å². The lowest BCUT2D eigenvalue weighted by atomic mass is 9.77. The third-order valence-corrected chi connectivity index (χ3v) is 5.85. The van der Waals surface area contributed by atoms with Crippen molar-refractivity contribution >= 4 is 27.5 Å². The fourth-order valence-electron chi connectivity index (χ4n) is 3.57. The van der Waals surface area contributed by atoms with Crippen LogP contribution in [0.2, 0.25) is 5.02 Å². The van der Waals surface area contributed by atoms with Gasteiger partial charge in [0.2, 0.25) is 0 Å². The van der Waals surface area contributed by atoms with Crippen molar-refractivity contribution in [3.05, 3.63) is 129 Å². The summed E-state index contributed by atoms with van der Waals surface area (Å²) < 4.78 is 0.960. The molecule has 0 fully saturated rings. The van der Waals surface area contributed by atoms with Crippen LogP contribution in [0.25, 0.3) is 11.1 Å². The SMILES string of the molecule is OC(c1ccccc1)(c1ccccc1)c1cc(Cl)ccc1-c1ccccc1Br. The van der Waals surface area contributed by atoms with Crippen molar-refractivity contribution in [3.63, 3.8) is 0 Å². The molecule has 4 rings (SSSR count). The van der Waals surface area contributed by atoms with Crippen LogP contribution in [0, 0.1) is 0 Å². The van der Waals surface area contributed by atoms with Crippen LogP contribution in [-0.4, -0.2) is 5.11 Å². The highest BCUT2D eigenvalue weighted by Gasteiger charge is 2.36. The zero-order valence-corrected chi connectivity index (χ0v) is 17.4. The summed E-state index contributed by atoms with van der Waals surface area (Å²) in [5, 5.41) is 12.8. The molecule has 1 N–H and O–H groups in total. The Morgan fingerprint density at radius 2 is 1.18 bits per heavy atom. The summed E-state index contributed by atoms with van der Waals surface area (Å²) in [6, 6.07) is 33.1. The molecule has 0 aliphatic rings. The minimum Gasteiger partial charge on any atom is -0.376 e. The van der Waals surface area contributed by atoms with E-state index in [1.54, 1.807) is 0 Å². The first-order valence-electron chi connectivity index (χ1n) is 8.99. The van der Waals surface area contributed by atoms with Crippen LogP contribution >= 0.6 is 27.5 Å². The number of benzene rings is 4. The highest BCUT2D eigenvalue weighted by molar-refractivity contribution is 9.10. The third kappa shape index (κ3) is 3.40. The predicted octanol–water partition coefficient (Wildman–Crippen LogP) is 7.05. The summed E-state index contributed by atoms with van der Waals surface area (Å²) in [5.41, 5.74) is 2.89. The van der Waals surface area contributed by atoms with Gasteiger partial charge in [0.05, 0.1) is 0 Å². The number of hydrogen-bond donors (Lipinski definition) is 1. The van der Waals surface area contributed by atoms with E-state index in [4.69, 9.17) is 11.6 Å². The van der Waals surface area contributed by atoms with Crippen molar-refractivity contribution in [1.82, 2.24) is 0 Å². The van der Waals surface area contributed by atoms with Crippen molar-refractivity contribution in [2.45, 2.75) is 5.60 Å². The van der Waals surface area contributed by atoms with Gasteiger partial charge in [0, 0.05) is 15.1 Å². The summed E-state index contributed by atoms with van der Waals surface area (Å²) in [6.07, 6.45) is 0. The van der Waals surface area contributed by atoms with E-state index >= 15 is 0 Å². The summed E-state index contributed by atoms with van der Waals surface area (Å²) in [4.78, 5) is 0. The van der Waals surface area contributed by atoms with Crippen LogP contribution in [0.1, 0.15) is 16.7 Å². The number of hydrogen-bond acceptors (Lipinski definition) is 1. The third-order valence-electron chi connectivity index (χ3n) is 4.92. The van der Waals surface area contributed by atoms with E-state index in [-0.39, 0.29) is 0 Å². The molecule has 0 saturated carbocycles. The Labute approximate surface area is 178 Å². The average Bonchev–Trinajstić information content (AvgIpc) is 2.75. The van der Waals surface area contributed by atoms with E-state index in [1.807, 2.05) is 103 Å². The quantitative estimate of drug-likeness (QED) is 0.331. The van der Waals surface area contributed by atoms with Gasteiger partial charge in [0.1, 0.15) is 5.60 Å². The zero-order chi connectivity index (χ0) is 19.6. The Kier molecular flexibility index (Phi) is 5.36. The largest absolute Gasteiger partial charge is 0.376 e. The molecule has 0 atom stereocenters. The van der Waals surface area contributed by atoms with Gasteiger partial charge in [-0.15, -0.1) is 0 Å². The summed E-state index contributed by atoms with van der Waals surface area (Å²) in [7, 11) is 0. The Hall–Kier alpha value is -2.39. The molecule has 0 aliphatic heterocycles. The molecule has 0 aliphatic carbocycles. The molecule has 0 heterocycles. The minimum absolute atomic E-state index is 0.580. The summed E-state index contributed by atoms with van der Waals surface area (Å²) >= 11 is 10.1. The molecule has 0 saturated heterocycles. The van der Waals surface area contributed by atoms with Crippen molar-refractivity contribution in [3.8, 4) is 11.1 Å². The first-order chi connectivity index (χ1) is 13.6. The van der Waals surface area contributed by atoms with Crippen LogP contribution in [0.15, 0.2) is 108 Å². The molecule has 4 aromatic carbocycles. The van der Waals surface area contributed by atoms with Gasteiger partial charge in [-0.3, -0.25) is 0 Å². The predicted molar refractivity (Wildman–Crippen MR) is 120 cm³/mol. The molecule has 0 aromatic heterocycles. The van der Waals surface area contributed by atoms with Crippen LogP contribution in [0.4, 0.5) is 0 Å². The number of rotatable bonds is 4. The second kappa shape index (κ2) is 7.92. The molecule has 0 spiro atoms. The second-order valence-corrected chi connectivity index (χ2v) is 7.90. The van der Waals surface area contributed by atoms with E-state index in [1.165, 1.54) is 0 Å². The van der Waals surface area contributed by atoms with Gasteiger partial charge in [0.25, 0.3) is 0 Å². The summed E-state index contributed by atoms with van der Waals surface area (Å²) in [5.74, 6) is 0. The van der Waals surface area contributed by atoms with Crippen molar-refractivity contribution in [2.75, 3.05) is 0 Å². The molecule has 0 unspecified atom stereocenters. The highest BCUT2D eigenvalue weighted by atomic mass is 79.9. The lowest BCUT2D eigenvalue weighted by Crippen LogP contribution is -2.29. The minimum atomic E-state index is -1.35. The number of aliphatic hydroxyl groups is 1. The molecule has 0 amide bonds.